The normalized spacial score (nSPS) is 12.3. The van der Waals surface area contributed by atoms with Crippen molar-refractivity contribution < 1.29 is 18.9 Å². The summed E-state index contributed by atoms with van der Waals surface area (Å²) in [4.78, 5) is 26.3. The molecule has 3 atom stereocenters. The van der Waals surface area contributed by atoms with Gasteiger partial charge in [-0.2, -0.15) is 0 Å². The number of Topliss-reactive ketones (excluding diaryl/α,β-unsaturated/α-hetero) is 1. The molecule has 6 heteroatoms. The third-order valence-corrected chi connectivity index (χ3v) is 5.42. The molecule has 2 rings (SSSR count). The Morgan fingerprint density at radius 3 is 2.27 bits per heavy atom. The van der Waals surface area contributed by atoms with Gasteiger partial charge < -0.3 is 4.74 Å². The van der Waals surface area contributed by atoms with Crippen LogP contribution in [0, 0.1) is 12.8 Å². The number of rotatable bonds is 10. The fraction of sp³-hybridized carbons (Fsp3) is 0.417. The minimum absolute atomic E-state index is 0.317. The van der Waals surface area contributed by atoms with Gasteiger partial charge in [0.05, 0.1) is 11.6 Å². The van der Waals surface area contributed by atoms with E-state index in [0.717, 1.165) is 31.2 Å². The van der Waals surface area contributed by atoms with Crippen LogP contribution in [0.5, 0.6) is 0 Å². The van der Waals surface area contributed by atoms with Gasteiger partial charge in [0.1, 0.15) is 5.92 Å². The van der Waals surface area contributed by atoms with E-state index >= 15 is 0 Å². The lowest BCUT2D eigenvalue weighted by molar-refractivity contribution is -0.145. The lowest BCUT2D eigenvalue weighted by Crippen LogP contribution is -2.27. The number of carbonyl (C=O) groups is 2. The van der Waals surface area contributed by atoms with Crippen LogP contribution in [0.1, 0.15) is 66.9 Å². The van der Waals surface area contributed by atoms with Crippen LogP contribution in [0.25, 0.3) is 0 Å². The molecule has 162 valence electrons. The van der Waals surface area contributed by atoms with E-state index in [-0.39, 0.29) is 5.78 Å². The first-order chi connectivity index (χ1) is 14.5. The van der Waals surface area contributed by atoms with E-state index in [2.05, 4.69) is 13.8 Å². The van der Waals surface area contributed by atoms with E-state index in [9.17, 15) is 9.59 Å². The number of benzene rings is 2. The summed E-state index contributed by atoms with van der Waals surface area (Å²) < 4.78 is 13.8. The highest BCUT2D eigenvalue weighted by atomic mass is 35.5. The van der Waals surface area contributed by atoms with E-state index < -0.39 is 11.9 Å². The standard InChI is InChI=1S/C24H29ClO3.H2OP/c1-4-6-12-18(5-2)16-28-24(27)22(19-13-8-7-9-14-19)23(26)21-17(3)11-10-15-20(21)25;1-2/h7-11,13-15,18,22H,4-6,12,16H2,1-3H3;2H2/q;+1. The van der Waals surface area contributed by atoms with Gasteiger partial charge >= 0.3 is 15.1 Å². The average molecular weight is 450 g/mol. The number of hydrogen-bond acceptors (Lipinski definition) is 4. The van der Waals surface area contributed by atoms with Gasteiger partial charge in [-0.3, -0.25) is 9.59 Å². The molecule has 0 aromatic heterocycles. The van der Waals surface area contributed by atoms with Gasteiger partial charge in [-0.1, -0.05) is 91.7 Å². The van der Waals surface area contributed by atoms with Gasteiger partial charge in [0.2, 0.25) is 0 Å². The summed E-state index contributed by atoms with van der Waals surface area (Å²) in [6.45, 7) is 6.41. The summed E-state index contributed by atoms with van der Waals surface area (Å²) in [5.41, 5.74) is 1.76. The Bertz CT molecular complexity index is 790. The number of hydrogen-bond donors (Lipinski definition) is 0. The van der Waals surface area contributed by atoms with Gasteiger partial charge in [0, 0.05) is 5.56 Å². The zero-order valence-corrected chi connectivity index (χ0v) is 19.8. The number of ketones is 1. The van der Waals surface area contributed by atoms with Gasteiger partial charge in [0.25, 0.3) is 0 Å². The number of aryl methyl sites for hydroxylation is 1. The number of carbonyl (C=O) groups excluding carboxylic acids is 2. The highest BCUT2D eigenvalue weighted by Gasteiger charge is 2.33. The molecule has 0 saturated carbocycles. The van der Waals surface area contributed by atoms with Crippen molar-refractivity contribution >= 4 is 32.5 Å². The summed E-state index contributed by atoms with van der Waals surface area (Å²) >= 11 is 6.29. The van der Waals surface area contributed by atoms with Crippen LogP contribution in [-0.4, -0.2) is 18.4 Å². The van der Waals surface area contributed by atoms with Crippen molar-refractivity contribution in [3.63, 3.8) is 0 Å². The van der Waals surface area contributed by atoms with Gasteiger partial charge in [-0.15, -0.1) is 0 Å². The van der Waals surface area contributed by atoms with Crippen LogP contribution in [0.15, 0.2) is 48.5 Å². The smallest absolute Gasteiger partial charge is 0.321 e. The van der Waals surface area contributed by atoms with Gasteiger partial charge in [-0.25, -0.2) is 0 Å². The number of ether oxygens (including phenoxy) is 1. The van der Waals surface area contributed by atoms with Crippen molar-refractivity contribution in [2.75, 3.05) is 6.61 Å². The lowest BCUT2D eigenvalue weighted by atomic mass is 9.88. The van der Waals surface area contributed by atoms with Crippen LogP contribution in [0.3, 0.4) is 0 Å². The predicted octanol–water partition coefficient (Wildman–Crippen LogP) is 6.58. The van der Waals surface area contributed by atoms with Crippen molar-refractivity contribution in [1.82, 2.24) is 0 Å². The molecule has 0 aliphatic carbocycles. The quantitative estimate of drug-likeness (QED) is 0.178. The second kappa shape index (κ2) is 14.1. The number of esters is 1. The van der Waals surface area contributed by atoms with E-state index in [1.165, 1.54) is 9.12 Å². The van der Waals surface area contributed by atoms with Crippen LogP contribution in [0.2, 0.25) is 5.02 Å². The molecule has 3 unspecified atom stereocenters. The second-order valence-electron chi connectivity index (χ2n) is 7.19. The molecule has 0 heterocycles. The van der Waals surface area contributed by atoms with Gasteiger partial charge in [-0.05, 0) is 36.5 Å². The Hall–Kier alpha value is -2.03. The number of halogens is 1. The minimum atomic E-state index is -1.01. The van der Waals surface area contributed by atoms with E-state index in [1.807, 2.05) is 31.2 Å². The van der Waals surface area contributed by atoms with Crippen LogP contribution < -0.4 is 0 Å². The minimum Gasteiger partial charge on any atom is -0.465 e. The molecule has 0 aliphatic heterocycles. The maximum absolute atomic E-state index is 13.3. The molecule has 0 fully saturated rings. The molecule has 0 aliphatic rings. The lowest BCUT2D eigenvalue weighted by Gasteiger charge is -2.20. The highest BCUT2D eigenvalue weighted by molar-refractivity contribution is 7.00. The summed E-state index contributed by atoms with van der Waals surface area (Å²) in [6.07, 6.45) is 4.19. The van der Waals surface area contributed by atoms with E-state index in [0.29, 0.717) is 28.7 Å². The zero-order chi connectivity index (χ0) is 22.5. The molecule has 0 spiro atoms. The Morgan fingerprint density at radius 2 is 1.70 bits per heavy atom. The molecule has 0 radical (unpaired) electrons. The summed E-state index contributed by atoms with van der Waals surface area (Å²) in [5.74, 6) is -1.52. The van der Waals surface area contributed by atoms with Crippen molar-refractivity contribution in [3.05, 3.63) is 70.2 Å². The Labute approximate surface area is 186 Å². The zero-order valence-electron chi connectivity index (χ0n) is 17.9. The first kappa shape index (κ1) is 26.0. The molecule has 2 aromatic rings. The average Bonchev–Trinajstić information content (AvgIpc) is 2.76. The molecule has 0 amide bonds. The maximum Gasteiger partial charge on any atom is 0.321 e. The SMILES string of the molecule is CCCCC(CC)COC(=O)C(C(=O)c1c(C)cccc1Cl)c1ccccc1.O=[PH2+]. The molecule has 0 N–H and O–H groups in total. The molecular formula is C24H31ClO4P+. The van der Waals surface area contributed by atoms with Crippen LogP contribution in [-0.2, 0) is 14.1 Å². The van der Waals surface area contributed by atoms with E-state index in [1.54, 1.807) is 24.3 Å². The first-order valence-corrected chi connectivity index (χ1v) is 11.1. The molecule has 0 bridgehead atoms. The first-order valence-electron chi connectivity index (χ1n) is 10.2. The van der Waals surface area contributed by atoms with E-state index in [4.69, 9.17) is 20.9 Å². The van der Waals surface area contributed by atoms with Crippen LogP contribution in [0.4, 0.5) is 0 Å². The fourth-order valence-corrected chi connectivity index (χ4v) is 3.62. The molecule has 30 heavy (non-hydrogen) atoms. The molecule has 4 nitrogen and oxygen atoms in total. The molecular weight excluding hydrogens is 419 g/mol. The van der Waals surface area contributed by atoms with Crippen LogP contribution >= 0.6 is 20.7 Å². The molecule has 0 saturated heterocycles. The highest BCUT2D eigenvalue weighted by Crippen LogP contribution is 2.29. The third-order valence-electron chi connectivity index (χ3n) is 5.10. The van der Waals surface area contributed by atoms with Crippen molar-refractivity contribution in [2.24, 2.45) is 5.92 Å². The summed E-state index contributed by atoms with van der Waals surface area (Å²) in [5, 5.41) is 0.355. The van der Waals surface area contributed by atoms with Gasteiger partial charge in [0.15, 0.2) is 5.78 Å². The summed E-state index contributed by atoms with van der Waals surface area (Å²) in [6, 6.07) is 14.3. The second-order valence-corrected chi connectivity index (χ2v) is 7.59. The summed E-state index contributed by atoms with van der Waals surface area (Å²) in [7, 11) is 1.17. The largest absolute Gasteiger partial charge is 0.465 e. The van der Waals surface area contributed by atoms with Crippen molar-refractivity contribution in [2.45, 2.75) is 52.4 Å². The molecule has 2 aromatic carbocycles. The third kappa shape index (κ3) is 7.34. The van der Waals surface area contributed by atoms with Crippen molar-refractivity contribution in [1.29, 1.82) is 0 Å². The van der Waals surface area contributed by atoms with Crippen molar-refractivity contribution in [3.8, 4) is 0 Å². The maximum atomic E-state index is 13.3. The topological polar surface area (TPSA) is 60.4 Å². The fourth-order valence-electron chi connectivity index (χ4n) is 3.31. The predicted molar refractivity (Wildman–Crippen MR) is 124 cm³/mol. The Balaban J connectivity index is 0.00000218. The monoisotopic (exact) mass is 449 g/mol. The number of unbranched alkanes of at least 4 members (excludes halogenated alkanes) is 1. The Morgan fingerprint density at radius 1 is 1.03 bits per heavy atom. The Kier molecular flexibility index (Phi) is 12.2.